The Kier molecular flexibility index (Phi) is 2.47. The molecule has 1 aromatic heterocycles. The Morgan fingerprint density at radius 1 is 1.69 bits per heavy atom. The number of hydrogen-bond acceptors (Lipinski definition) is 4. The second-order valence-electron chi connectivity index (χ2n) is 3.35. The van der Waals surface area contributed by atoms with Gasteiger partial charge >= 0.3 is 5.97 Å². The number of nitrogens with zero attached hydrogens (tertiary/aromatic N) is 1. The molecule has 0 fully saturated rings. The molecule has 0 aliphatic carbocycles. The predicted molar refractivity (Wildman–Crippen MR) is 54.9 cm³/mol. The molecule has 1 aliphatic rings. The number of fused-ring (bicyclic) bond motifs is 1. The van der Waals surface area contributed by atoms with Crippen molar-refractivity contribution in [2.24, 2.45) is 0 Å². The topological polar surface area (TPSA) is 92.3 Å². The Morgan fingerprint density at radius 3 is 3.06 bits per heavy atom. The number of carboxylic acids is 1. The first-order valence-electron chi connectivity index (χ1n) is 4.81. The third kappa shape index (κ3) is 1.58. The van der Waals surface area contributed by atoms with Gasteiger partial charge in [0.05, 0.1) is 17.5 Å². The summed E-state index contributed by atoms with van der Waals surface area (Å²) >= 11 is 0. The molecule has 0 atom stereocenters. The number of H-pyrrole nitrogens is 1. The number of aromatic carboxylic acids is 1. The van der Waals surface area contributed by atoms with Crippen molar-refractivity contribution in [2.45, 2.75) is 20.0 Å². The summed E-state index contributed by atoms with van der Waals surface area (Å²) < 4.78 is 5.11. The fourth-order valence-electron chi connectivity index (χ4n) is 1.53. The summed E-state index contributed by atoms with van der Waals surface area (Å²) in [6.45, 7) is 2.01. The molecule has 84 valence electrons. The minimum Gasteiger partial charge on any atom is -0.496 e. The molecule has 0 saturated heterocycles. The third-order valence-corrected chi connectivity index (χ3v) is 2.36. The molecule has 0 spiro atoms. The maximum absolute atomic E-state index is 11.6. The van der Waals surface area contributed by atoms with E-state index in [2.05, 4.69) is 9.97 Å². The van der Waals surface area contributed by atoms with Crippen molar-refractivity contribution in [3.8, 4) is 0 Å². The van der Waals surface area contributed by atoms with E-state index in [0.29, 0.717) is 17.7 Å². The van der Waals surface area contributed by atoms with Gasteiger partial charge in [-0.1, -0.05) is 6.92 Å². The Bertz CT molecular complexity index is 530. The van der Waals surface area contributed by atoms with E-state index >= 15 is 0 Å². The molecule has 1 aliphatic heterocycles. The van der Waals surface area contributed by atoms with Gasteiger partial charge in [-0.3, -0.25) is 4.79 Å². The average Bonchev–Trinajstić information content (AvgIpc) is 2.28. The number of aromatic amines is 1. The van der Waals surface area contributed by atoms with Gasteiger partial charge in [0.2, 0.25) is 5.82 Å². The highest BCUT2D eigenvalue weighted by atomic mass is 16.5. The lowest BCUT2D eigenvalue weighted by atomic mass is 10.1. The van der Waals surface area contributed by atoms with E-state index < -0.39 is 11.5 Å². The van der Waals surface area contributed by atoms with E-state index in [1.165, 1.54) is 6.26 Å². The van der Waals surface area contributed by atoms with Crippen LogP contribution in [0.5, 0.6) is 0 Å². The van der Waals surface area contributed by atoms with Gasteiger partial charge in [0.25, 0.3) is 5.56 Å². The molecule has 1 aromatic rings. The first-order valence-corrected chi connectivity index (χ1v) is 4.81. The monoisotopic (exact) mass is 222 g/mol. The van der Waals surface area contributed by atoms with Crippen LogP contribution >= 0.6 is 0 Å². The highest BCUT2D eigenvalue weighted by molar-refractivity contribution is 5.83. The molecule has 2 N–H and O–H groups in total. The van der Waals surface area contributed by atoms with Gasteiger partial charge in [-0.2, -0.15) is 0 Å². The summed E-state index contributed by atoms with van der Waals surface area (Å²) in [6, 6.07) is 0. The summed E-state index contributed by atoms with van der Waals surface area (Å²) in [5, 5.41) is 8.79. The summed E-state index contributed by atoms with van der Waals surface area (Å²) in [6.07, 6.45) is 2.14. The molecule has 0 unspecified atom stereocenters. The number of aromatic nitrogens is 2. The van der Waals surface area contributed by atoms with Crippen LogP contribution in [-0.4, -0.2) is 21.0 Å². The van der Waals surface area contributed by atoms with Crippen LogP contribution < -0.4 is 5.56 Å². The molecule has 0 radical (unpaired) electrons. The SMILES string of the molecule is CCC1=COCc2c1nc(C(=O)O)[nH]c2=O. The van der Waals surface area contributed by atoms with Crippen molar-refractivity contribution in [1.29, 1.82) is 0 Å². The quantitative estimate of drug-likeness (QED) is 0.770. The maximum atomic E-state index is 11.6. The van der Waals surface area contributed by atoms with E-state index in [1.54, 1.807) is 0 Å². The zero-order valence-electron chi connectivity index (χ0n) is 8.61. The van der Waals surface area contributed by atoms with Crippen LogP contribution in [0.15, 0.2) is 11.1 Å². The molecule has 16 heavy (non-hydrogen) atoms. The van der Waals surface area contributed by atoms with Crippen molar-refractivity contribution < 1.29 is 14.6 Å². The number of hydrogen-bond donors (Lipinski definition) is 2. The molecular weight excluding hydrogens is 212 g/mol. The summed E-state index contributed by atoms with van der Waals surface area (Å²) in [4.78, 5) is 28.5. The van der Waals surface area contributed by atoms with Crippen LogP contribution in [-0.2, 0) is 11.3 Å². The van der Waals surface area contributed by atoms with E-state index in [4.69, 9.17) is 9.84 Å². The standard InChI is InChI=1S/C10H10N2O4/c1-2-5-3-16-4-6-7(5)11-8(10(14)15)12-9(6)13/h3H,2,4H2,1H3,(H,14,15)(H,11,12,13). The largest absolute Gasteiger partial charge is 0.496 e. The lowest BCUT2D eigenvalue weighted by molar-refractivity contribution is 0.0682. The number of rotatable bonds is 2. The fourth-order valence-corrected chi connectivity index (χ4v) is 1.53. The van der Waals surface area contributed by atoms with Crippen molar-refractivity contribution in [2.75, 3.05) is 0 Å². The first kappa shape index (κ1) is 10.4. The van der Waals surface area contributed by atoms with Crippen LogP contribution in [0, 0.1) is 0 Å². The van der Waals surface area contributed by atoms with Crippen LogP contribution in [0.2, 0.25) is 0 Å². The predicted octanol–water partition coefficient (Wildman–Crippen LogP) is 0.749. The second-order valence-corrected chi connectivity index (χ2v) is 3.35. The molecule has 6 heteroatoms. The van der Waals surface area contributed by atoms with Crippen molar-refractivity contribution in [3.63, 3.8) is 0 Å². The first-order chi connectivity index (χ1) is 7.63. The molecular formula is C10H10N2O4. The van der Waals surface area contributed by atoms with Gasteiger partial charge in [-0.15, -0.1) is 0 Å². The Morgan fingerprint density at radius 2 is 2.44 bits per heavy atom. The van der Waals surface area contributed by atoms with Crippen molar-refractivity contribution >= 4 is 11.5 Å². The van der Waals surface area contributed by atoms with Crippen molar-refractivity contribution in [3.05, 3.63) is 33.7 Å². The third-order valence-electron chi connectivity index (χ3n) is 2.36. The fraction of sp³-hybridized carbons (Fsp3) is 0.300. The van der Waals surface area contributed by atoms with Crippen LogP contribution in [0.4, 0.5) is 0 Å². The minimum atomic E-state index is -1.25. The lowest BCUT2D eigenvalue weighted by Crippen LogP contribution is -2.24. The molecule has 6 nitrogen and oxygen atoms in total. The Hall–Kier alpha value is -2.11. The Labute approximate surface area is 90.6 Å². The number of carbonyl (C=O) groups is 1. The van der Waals surface area contributed by atoms with Gasteiger partial charge in [-0.05, 0) is 6.42 Å². The highest BCUT2D eigenvalue weighted by Crippen LogP contribution is 2.22. The van der Waals surface area contributed by atoms with Crippen LogP contribution in [0.25, 0.3) is 5.57 Å². The average molecular weight is 222 g/mol. The lowest BCUT2D eigenvalue weighted by Gasteiger charge is -2.15. The number of ether oxygens (including phenoxy) is 1. The minimum absolute atomic E-state index is 0.126. The zero-order valence-corrected chi connectivity index (χ0v) is 8.61. The second kappa shape index (κ2) is 3.80. The van der Waals surface area contributed by atoms with Crippen molar-refractivity contribution in [1.82, 2.24) is 9.97 Å². The van der Waals surface area contributed by atoms with Gasteiger partial charge in [-0.25, -0.2) is 9.78 Å². The van der Waals surface area contributed by atoms with Gasteiger partial charge in [0.15, 0.2) is 0 Å². The van der Waals surface area contributed by atoms with Gasteiger partial charge < -0.3 is 14.8 Å². The zero-order chi connectivity index (χ0) is 11.7. The number of nitrogens with one attached hydrogen (secondary N) is 1. The normalized spacial score (nSPS) is 13.7. The Balaban J connectivity index is 2.66. The van der Waals surface area contributed by atoms with E-state index in [1.807, 2.05) is 6.92 Å². The summed E-state index contributed by atoms with van der Waals surface area (Å²) in [5.74, 6) is -1.59. The smallest absolute Gasteiger partial charge is 0.372 e. The number of allylic oxidation sites excluding steroid dienone is 1. The van der Waals surface area contributed by atoms with Crippen LogP contribution in [0.3, 0.4) is 0 Å². The molecule has 2 rings (SSSR count). The van der Waals surface area contributed by atoms with E-state index in [-0.39, 0.29) is 12.4 Å². The van der Waals surface area contributed by atoms with Gasteiger partial charge in [0.1, 0.15) is 6.61 Å². The number of carboxylic acid groups (broad SMARTS) is 1. The molecule has 2 heterocycles. The van der Waals surface area contributed by atoms with Gasteiger partial charge in [0, 0.05) is 5.57 Å². The molecule has 0 saturated carbocycles. The molecule has 0 amide bonds. The molecule has 0 bridgehead atoms. The van der Waals surface area contributed by atoms with E-state index in [9.17, 15) is 9.59 Å². The summed E-state index contributed by atoms with van der Waals surface area (Å²) in [7, 11) is 0. The van der Waals surface area contributed by atoms with E-state index in [0.717, 1.165) is 5.57 Å². The summed E-state index contributed by atoms with van der Waals surface area (Å²) in [5.41, 5.74) is 1.08. The highest BCUT2D eigenvalue weighted by Gasteiger charge is 2.20. The molecule has 0 aromatic carbocycles. The maximum Gasteiger partial charge on any atom is 0.372 e. The van der Waals surface area contributed by atoms with Crippen LogP contribution in [0.1, 0.15) is 35.2 Å².